The van der Waals surface area contributed by atoms with E-state index >= 15 is 0 Å². The van der Waals surface area contributed by atoms with Crippen LogP contribution in [0.15, 0.2) is 59.4 Å². The van der Waals surface area contributed by atoms with Gasteiger partial charge in [-0.25, -0.2) is 0 Å². The molecule has 0 amide bonds. The summed E-state index contributed by atoms with van der Waals surface area (Å²) in [7, 11) is 0. The lowest BCUT2D eigenvalue weighted by molar-refractivity contribution is 0.578. The number of H-pyrrole nitrogens is 1. The van der Waals surface area contributed by atoms with Gasteiger partial charge in [-0.15, -0.1) is 10.2 Å². The average molecular weight is 361 g/mol. The van der Waals surface area contributed by atoms with Gasteiger partial charge in [-0.2, -0.15) is 0 Å². The Morgan fingerprint density at radius 1 is 0.926 bits per heavy atom. The highest BCUT2D eigenvalue weighted by molar-refractivity contribution is 5.59. The van der Waals surface area contributed by atoms with E-state index in [0.717, 1.165) is 24.3 Å². The molecule has 0 radical (unpaired) electrons. The van der Waals surface area contributed by atoms with Crippen molar-refractivity contribution in [2.45, 2.75) is 25.7 Å². The summed E-state index contributed by atoms with van der Waals surface area (Å²) in [5.41, 5.74) is 3.33. The largest absolute Gasteiger partial charge is 0.372 e. The second-order valence-electron chi connectivity index (χ2n) is 6.83. The second kappa shape index (κ2) is 8.03. The molecule has 0 aliphatic carbocycles. The highest BCUT2D eigenvalue weighted by Gasteiger charge is 2.11. The van der Waals surface area contributed by atoms with Gasteiger partial charge >= 0.3 is 0 Å². The van der Waals surface area contributed by atoms with Crippen LogP contribution < -0.4 is 15.8 Å². The van der Waals surface area contributed by atoms with E-state index in [1.54, 1.807) is 0 Å². The number of piperidine rings is 1. The third-order valence-electron chi connectivity index (χ3n) is 4.83. The number of benzene rings is 2. The zero-order chi connectivity index (χ0) is 18.5. The SMILES string of the molecule is O=c1[nH]c(Nc2ccc(N3CCCCC3)cc2)nnc1Cc1ccccc1. The lowest BCUT2D eigenvalue weighted by Gasteiger charge is -2.28. The molecule has 6 nitrogen and oxygen atoms in total. The molecule has 1 saturated heterocycles. The van der Waals surface area contributed by atoms with Crippen molar-refractivity contribution in [2.75, 3.05) is 23.3 Å². The molecule has 0 unspecified atom stereocenters. The normalized spacial score (nSPS) is 14.1. The Bertz CT molecular complexity index is 931. The van der Waals surface area contributed by atoms with Crippen LogP contribution in [-0.2, 0) is 6.42 Å². The van der Waals surface area contributed by atoms with Crippen LogP contribution in [0, 0.1) is 0 Å². The lowest BCUT2D eigenvalue weighted by Crippen LogP contribution is -2.29. The molecule has 0 atom stereocenters. The lowest BCUT2D eigenvalue weighted by atomic mass is 10.1. The summed E-state index contributed by atoms with van der Waals surface area (Å²) in [6.07, 6.45) is 4.30. The van der Waals surface area contributed by atoms with Crippen molar-refractivity contribution in [1.29, 1.82) is 0 Å². The van der Waals surface area contributed by atoms with Crippen molar-refractivity contribution < 1.29 is 0 Å². The van der Waals surface area contributed by atoms with E-state index in [1.165, 1.54) is 24.9 Å². The molecule has 1 aromatic heterocycles. The maximum Gasteiger partial charge on any atom is 0.274 e. The number of nitrogens with one attached hydrogen (secondary N) is 2. The van der Waals surface area contributed by atoms with Crippen LogP contribution in [0.5, 0.6) is 0 Å². The summed E-state index contributed by atoms with van der Waals surface area (Å²) < 4.78 is 0. The topological polar surface area (TPSA) is 73.9 Å². The van der Waals surface area contributed by atoms with Crippen molar-refractivity contribution in [3.63, 3.8) is 0 Å². The maximum atomic E-state index is 12.3. The first-order valence-corrected chi connectivity index (χ1v) is 9.40. The van der Waals surface area contributed by atoms with E-state index in [1.807, 2.05) is 42.5 Å². The van der Waals surface area contributed by atoms with Gasteiger partial charge in [0.05, 0.1) is 0 Å². The predicted molar refractivity (Wildman–Crippen MR) is 108 cm³/mol. The molecule has 1 fully saturated rings. The van der Waals surface area contributed by atoms with Crippen LogP contribution in [0.4, 0.5) is 17.3 Å². The molecule has 0 saturated carbocycles. The molecular weight excluding hydrogens is 338 g/mol. The van der Waals surface area contributed by atoms with Crippen LogP contribution >= 0.6 is 0 Å². The van der Waals surface area contributed by atoms with E-state index in [2.05, 4.69) is 37.5 Å². The van der Waals surface area contributed by atoms with Crippen molar-refractivity contribution in [2.24, 2.45) is 0 Å². The van der Waals surface area contributed by atoms with Gasteiger partial charge < -0.3 is 10.2 Å². The molecular formula is C21H23N5O. The Hall–Kier alpha value is -3.15. The first kappa shape index (κ1) is 17.3. The average Bonchev–Trinajstić information content (AvgIpc) is 2.72. The number of aromatic nitrogens is 3. The highest BCUT2D eigenvalue weighted by Crippen LogP contribution is 2.22. The fraction of sp³-hybridized carbons (Fsp3) is 0.286. The monoisotopic (exact) mass is 361 g/mol. The molecule has 1 aliphatic heterocycles. The van der Waals surface area contributed by atoms with Gasteiger partial charge in [0.1, 0.15) is 5.69 Å². The molecule has 0 spiro atoms. The van der Waals surface area contributed by atoms with E-state index < -0.39 is 0 Å². The number of anilines is 3. The molecule has 6 heteroatoms. The van der Waals surface area contributed by atoms with Gasteiger partial charge in [0.15, 0.2) is 0 Å². The van der Waals surface area contributed by atoms with Crippen molar-refractivity contribution in [3.05, 3.63) is 76.2 Å². The van der Waals surface area contributed by atoms with E-state index in [0.29, 0.717) is 18.1 Å². The minimum Gasteiger partial charge on any atom is -0.372 e. The first-order valence-electron chi connectivity index (χ1n) is 9.40. The molecule has 2 aromatic carbocycles. The van der Waals surface area contributed by atoms with Crippen molar-refractivity contribution in [3.8, 4) is 0 Å². The Morgan fingerprint density at radius 2 is 1.67 bits per heavy atom. The Kier molecular flexibility index (Phi) is 5.14. The van der Waals surface area contributed by atoms with Crippen molar-refractivity contribution >= 4 is 17.3 Å². The fourth-order valence-corrected chi connectivity index (χ4v) is 3.37. The van der Waals surface area contributed by atoms with Crippen LogP contribution in [0.1, 0.15) is 30.5 Å². The smallest absolute Gasteiger partial charge is 0.274 e. The molecule has 2 N–H and O–H groups in total. The molecule has 0 bridgehead atoms. The Labute approximate surface area is 158 Å². The summed E-state index contributed by atoms with van der Waals surface area (Å²) >= 11 is 0. The molecule has 27 heavy (non-hydrogen) atoms. The van der Waals surface area contributed by atoms with Crippen LogP contribution in [0.25, 0.3) is 0 Å². The van der Waals surface area contributed by atoms with Crippen LogP contribution in [-0.4, -0.2) is 28.3 Å². The van der Waals surface area contributed by atoms with Gasteiger partial charge in [0.2, 0.25) is 5.95 Å². The summed E-state index contributed by atoms with van der Waals surface area (Å²) in [5.74, 6) is 0.350. The fourth-order valence-electron chi connectivity index (χ4n) is 3.37. The Morgan fingerprint density at radius 3 is 2.37 bits per heavy atom. The summed E-state index contributed by atoms with van der Waals surface area (Å²) in [4.78, 5) is 17.5. The minimum absolute atomic E-state index is 0.221. The van der Waals surface area contributed by atoms with E-state index in [-0.39, 0.29) is 5.56 Å². The number of hydrogen-bond donors (Lipinski definition) is 2. The summed E-state index contributed by atoms with van der Waals surface area (Å²) in [6, 6.07) is 18.0. The quantitative estimate of drug-likeness (QED) is 0.728. The second-order valence-corrected chi connectivity index (χ2v) is 6.83. The Balaban J connectivity index is 1.43. The third kappa shape index (κ3) is 4.34. The van der Waals surface area contributed by atoms with Gasteiger partial charge in [0.25, 0.3) is 5.56 Å². The van der Waals surface area contributed by atoms with Gasteiger partial charge in [0, 0.05) is 30.9 Å². The van der Waals surface area contributed by atoms with Gasteiger partial charge in [-0.1, -0.05) is 30.3 Å². The first-order chi connectivity index (χ1) is 13.3. The zero-order valence-electron chi connectivity index (χ0n) is 15.2. The summed E-state index contributed by atoms with van der Waals surface area (Å²) in [6.45, 7) is 2.24. The maximum absolute atomic E-state index is 12.3. The summed E-state index contributed by atoms with van der Waals surface area (Å²) in [5, 5.41) is 11.3. The van der Waals surface area contributed by atoms with Crippen LogP contribution in [0.3, 0.4) is 0 Å². The number of hydrogen-bond acceptors (Lipinski definition) is 5. The van der Waals surface area contributed by atoms with Crippen LogP contribution in [0.2, 0.25) is 0 Å². The zero-order valence-corrected chi connectivity index (χ0v) is 15.2. The predicted octanol–water partition coefficient (Wildman–Crippen LogP) is 3.49. The minimum atomic E-state index is -0.221. The molecule has 4 rings (SSSR count). The highest BCUT2D eigenvalue weighted by atomic mass is 16.1. The standard InChI is InChI=1S/C21H23N5O/c27-20-19(15-16-7-3-1-4-8-16)24-25-21(23-20)22-17-9-11-18(12-10-17)26-13-5-2-6-14-26/h1,3-4,7-12H,2,5-6,13-15H2,(H2,22,23,25,27). The van der Waals surface area contributed by atoms with E-state index in [4.69, 9.17) is 0 Å². The molecule has 138 valence electrons. The third-order valence-corrected chi connectivity index (χ3v) is 4.83. The van der Waals surface area contributed by atoms with Gasteiger partial charge in [-0.3, -0.25) is 9.78 Å². The number of nitrogens with zero attached hydrogens (tertiary/aromatic N) is 3. The number of rotatable bonds is 5. The molecule has 3 aromatic rings. The number of aromatic amines is 1. The van der Waals surface area contributed by atoms with Crippen molar-refractivity contribution in [1.82, 2.24) is 15.2 Å². The van der Waals surface area contributed by atoms with E-state index in [9.17, 15) is 4.79 Å². The molecule has 1 aliphatic rings. The van der Waals surface area contributed by atoms with Gasteiger partial charge in [-0.05, 0) is 49.1 Å². The molecule has 2 heterocycles.